The van der Waals surface area contributed by atoms with Crippen molar-refractivity contribution in [2.45, 2.75) is 12.8 Å². The third-order valence-corrected chi connectivity index (χ3v) is 1.77. The van der Waals surface area contributed by atoms with Crippen LogP contribution in [-0.4, -0.2) is 0 Å². The fourth-order valence-electron chi connectivity index (χ4n) is 1.04. The average Bonchev–Trinajstić information content (AvgIpc) is 2.15. The molecule has 0 N–H and O–H groups in total. The van der Waals surface area contributed by atoms with Crippen molar-refractivity contribution in [3.63, 3.8) is 0 Å². The quantitative estimate of drug-likeness (QED) is 0.508. The SMILES string of the molecule is CC(C#N)c1c(F)c(F)cc(F)c1F. The Hall–Kier alpha value is -1.57. The second kappa shape index (κ2) is 3.66. The van der Waals surface area contributed by atoms with Crippen LogP contribution in [0.4, 0.5) is 17.6 Å². The molecule has 5 heteroatoms. The van der Waals surface area contributed by atoms with Gasteiger partial charge in [-0.05, 0) is 6.92 Å². The highest BCUT2D eigenvalue weighted by molar-refractivity contribution is 5.29. The summed E-state index contributed by atoms with van der Waals surface area (Å²) in [6.07, 6.45) is 0. The Morgan fingerprint density at radius 3 is 1.93 bits per heavy atom. The van der Waals surface area contributed by atoms with Crippen molar-refractivity contribution in [3.05, 3.63) is 34.9 Å². The summed E-state index contributed by atoms with van der Waals surface area (Å²) in [4.78, 5) is 0. The van der Waals surface area contributed by atoms with Crippen LogP contribution in [0.15, 0.2) is 6.07 Å². The summed E-state index contributed by atoms with van der Waals surface area (Å²) in [7, 11) is 0. The Balaban J connectivity index is 3.49. The first-order valence-electron chi connectivity index (χ1n) is 3.71. The number of halogens is 4. The van der Waals surface area contributed by atoms with E-state index in [1.807, 2.05) is 0 Å². The van der Waals surface area contributed by atoms with E-state index in [2.05, 4.69) is 0 Å². The lowest BCUT2D eigenvalue weighted by molar-refractivity contribution is 0.437. The molecule has 74 valence electrons. The van der Waals surface area contributed by atoms with E-state index in [-0.39, 0.29) is 6.07 Å². The van der Waals surface area contributed by atoms with E-state index < -0.39 is 34.8 Å². The van der Waals surface area contributed by atoms with E-state index >= 15 is 0 Å². The normalized spacial score (nSPS) is 12.3. The fraction of sp³-hybridized carbons (Fsp3) is 0.222. The van der Waals surface area contributed by atoms with Gasteiger partial charge in [0, 0.05) is 11.6 Å². The Kier molecular flexibility index (Phi) is 2.75. The number of nitriles is 1. The highest BCUT2D eigenvalue weighted by Crippen LogP contribution is 2.25. The molecule has 1 unspecified atom stereocenters. The molecule has 1 rings (SSSR count). The van der Waals surface area contributed by atoms with Crippen LogP contribution < -0.4 is 0 Å². The minimum atomic E-state index is -1.52. The highest BCUT2D eigenvalue weighted by Gasteiger charge is 2.23. The molecule has 0 saturated heterocycles. The molecule has 1 aromatic rings. The van der Waals surface area contributed by atoms with Gasteiger partial charge in [0.05, 0.1) is 12.0 Å². The Labute approximate surface area is 77.6 Å². The van der Waals surface area contributed by atoms with Crippen molar-refractivity contribution in [3.8, 4) is 6.07 Å². The molecule has 0 bridgehead atoms. The predicted molar refractivity (Wildman–Crippen MR) is 40.3 cm³/mol. The van der Waals surface area contributed by atoms with Gasteiger partial charge in [0.1, 0.15) is 0 Å². The summed E-state index contributed by atoms with van der Waals surface area (Å²) < 4.78 is 51.1. The van der Waals surface area contributed by atoms with E-state index in [9.17, 15) is 17.6 Å². The summed E-state index contributed by atoms with van der Waals surface area (Å²) in [5, 5.41) is 8.39. The molecule has 0 fully saturated rings. The van der Waals surface area contributed by atoms with Gasteiger partial charge >= 0.3 is 0 Å². The summed E-state index contributed by atoms with van der Waals surface area (Å²) in [5.41, 5.74) is -0.870. The van der Waals surface area contributed by atoms with E-state index in [0.29, 0.717) is 0 Å². The minimum Gasteiger partial charge on any atom is -0.204 e. The maximum atomic E-state index is 12.9. The Bertz CT molecular complexity index is 382. The van der Waals surface area contributed by atoms with Crippen molar-refractivity contribution < 1.29 is 17.6 Å². The fourth-order valence-corrected chi connectivity index (χ4v) is 1.04. The van der Waals surface area contributed by atoms with Crippen molar-refractivity contribution in [1.29, 1.82) is 5.26 Å². The molecule has 0 saturated carbocycles. The molecule has 0 spiro atoms. The van der Waals surface area contributed by atoms with E-state index in [0.717, 1.165) is 6.92 Å². The lowest BCUT2D eigenvalue weighted by Crippen LogP contribution is -2.05. The van der Waals surface area contributed by atoms with Crippen LogP contribution in [0, 0.1) is 34.6 Å². The van der Waals surface area contributed by atoms with Gasteiger partial charge in [-0.2, -0.15) is 5.26 Å². The number of rotatable bonds is 1. The Morgan fingerprint density at radius 1 is 1.14 bits per heavy atom. The third-order valence-electron chi connectivity index (χ3n) is 1.77. The highest BCUT2D eigenvalue weighted by atomic mass is 19.2. The molecule has 1 nitrogen and oxygen atoms in total. The summed E-state index contributed by atoms with van der Waals surface area (Å²) >= 11 is 0. The van der Waals surface area contributed by atoms with Crippen molar-refractivity contribution in [1.82, 2.24) is 0 Å². The first-order valence-corrected chi connectivity index (χ1v) is 3.71. The van der Waals surface area contributed by atoms with Crippen LogP contribution in [0.2, 0.25) is 0 Å². The van der Waals surface area contributed by atoms with Gasteiger partial charge in [-0.25, -0.2) is 17.6 Å². The first kappa shape index (κ1) is 10.5. The van der Waals surface area contributed by atoms with Gasteiger partial charge < -0.3 is 0 Å². The molecule has 0 aliphatic rings. The van der Waals surface area contributed by atoms with Gasteiger partial charge in [0.25, 0.3) is 0 Å². The molecular weight excluding hydrogens is 198 g/mol. The second-order valence-corrected chi connectivity index (χ2v) is 2.73. The maximum absolute atomic E-state index is 12.9. The van der Waals surface area contributed by atoms with Crippen LogP contribution in [0.25, 0.3) is 0 Å². The van der Waals surface area contributed by atoms with Crippen molar-refractivity contribution in [2.75, 3.05) is 0 Å². The van der Waals surface area contributed by atoms with E-state index in [1.54, 1.807) is 0 Å². The van der Waals surface area contributed by atoms with Crippen LogP contribution in [0.1, 0.15) is 18.4 Å². The molecule has 1 atom stereocenters. The summed E-state index contributed by atoms with van der Waals surface area (Å²) in [6.45, 7) is 1.15. The van der Waals surface area contributed by atoms with Gasteiger partial charge in [0.2, 0.25) is 0 Å². The monoisotopic (exact) mass is 203 g/mol. The zero-order valence-corrected chi connectivity index (χ0v) is 7.11. The zero-order valence-electron chi connectivity index (χ0n) is 7.11. The average molecular weight is 203 g/mol. The van der Waals surface area contributed by atoms with Crippen LogP contribution >= 0.6 is 0 Å². The molecular formula is C9H5F4N. The van der Waals surface area contributed by atoms with Crippen molar-refractivity contribution in [2.24, 2.45) is 0 Å². The van der Waals surface area contributed by atoms with Crippen LogP contribution in [0.5, 0.6) is 0 Å². The number of benzene rings is 1. The standard InChI is InChI=1S/C9H5F4N/c1-4(3-14)7-8(12)5(10)2-6(11)9(7)13/h2,4H,1H3. The number of hydrogen-bond acceptors (Lipinski definition) is 1. The van der Waals surface area contributed by atoms with Gasteiger partial charge in [-0.15, -0.1) is 0 Å². The molecule has 1 aromatic carbocycles. The second-order valence-electron chi connectivity index (χ2n) is 2.73. The number of nitrogens with zero attached hydrogens (tertiary/aromatic N) is 1. The molecule has 14 heavy (non-hydrogen) atoms. The molecule has 0 aromatic heterocycles. The van der Waals surface area contributed by atoms with E-state index in [1.165, 1.54) is 6.07 Å². The molecule has 0 radical (unpaired) electrons. The first-order chi connectivity index (χ1) is 6.49. The van der Waals surface area contributed by atoms with Crippen LogP contribution in [-0.2, 0) is 0 Å². The zero-order chi connectivity index (χ0) is 10.9. The van der Waals surface area contributed by atoms with Gasteiger partial charge in [0.15, 0.2) is 23.3 Å². The lowest BCUT2D eigenvalue weighted by atomic mass is 10.0. The van der Waals surface area contributed by atoms with Gasteiger partial charge in [-0.3, -0.25) is 0 Å². The predicted octanol–water partition coefficient (Wildman–Crippen LogP) is 2.87. The summed E-state index contributed by atoms with van der Waals surface area (Å²) in [6, 6.07) is 1.61. The maximum Gasteiger partial charge on any atom is 0.166 e. The molecule has 0 aliphatic heterocycles. The summed E-state index contributed by atoms with van der Waals surface area (Å²) in [5.74, 6) is -7.27. The van der Waals surface area contributed by atoms with E-state index in [4.69, 9.17) is 5.26 Å². The van der Waals surface area contributed by atoms with Crippen LogP contribution in [0.3, 0.4) is 0 Å². The minimum absolute atomic E-state index is 0.109. The number of hydrogen-bond donors (Lipinski definition) is 0. The van der Waals surface area contributed by atoms with Gasteiger partial charge in [-0.1, -0.05) is 0 Å². The topological polar surface area (TPSA) is 23.8 Å². The smallest absolute Gasteiger partial charge is 0.166 e. The lowest BCUT2D eigenvalue weighted by Gasteiger charge is -2.07. The molecule has 0 aliphatic carbocycles. The van der Waals surface area contributed by atoms with Crippen molar-refractivity contribution >= 4 is 0 Å². The Morgan fingerprint density at radius 2 is 1.57 bits per heavy atom. The largest absolute Gasteiger partial charge is 0.204 e. The third kappa shape index (κ3) is 1.55. The molecule has 0 amide bonds. The molecule has 0 heterocycles.